The zero-order valence-corrected chi connectivity index (χ0v) is 13.1. The van der Waals surface area contributed by atoms with E-state index in [2.05, 4.69) is 11.4 Å². The van der Waals surface area contributed by atoms with E-state index in [4.69, 9.17) is 0 Å². The Balaban J connectivity index is 1.66. The fourth-order valence-electron chi connectivity index (χ4n) is 3.07. The van der Waals surface area contributed by atoms with Gasteiger partial charge in [0.15, 0.2) is 0 Å². The van der Waals surface area contributed by atoms with Gasteiger partial charge in [-0.1, -0.05) is 48.5 Å². The molecule has 120 valence electrons. The highest BCUT2D eigenvalue weighted by molar-refractivity contribution is 5.95. The van der Waals surface area contributed by atoms with Crippen molar-refractivity contribution in [1.82, 2.24) is 5.32 Å². The van der Waals surface area contributed by atoms with Gasteiger partial charge in [-0.05, 0) is 30.0 Å². The molecule has 2 N–H and O–H groups in total. The second-order valence-electron chi connectivity index (χ2n) is 5.80. The van der Waals surface area contributed by atoms with Gasteiger partial charge in [-0.25, -0.2) is 0 Å². The first kappa shape index (κ1) is 15.7. The van der Waals surface area contributed by atoms with E-state index in [0.29, 0.717) is 0 Å². The molecule has 0 saturated heterocycles. The molecule has 1 amide bonds. The molecule has 1 atom stereocenters. The van der Waals surface area contributed by atoms with Crippen LogP contribution in [0.5, 0.6) is 0 Å². The molecule has 0 aromatic heterocycles. The van der Waals surface area contributed by atoms with Gasteiger partial charge in [0.25, 0.3) is 0 Å². The summed E-state index contributed by atoms with van der Waals surface area (Å²) in [5.74, 6) is 0.0477. The maximum absolute atomic E-state index is 12.6. The van der Waals surface area contributed by atoms with Crippen LogP contribution in [0.15, 0.2) is 54.6 Å². The third kappa shape index (κ3) is 3.60. The molecule has 23 heavy (non-hydrogen) atoms. The molecule has 1 unspecified atom stereocenters. The number of carbonyl (C=O) groups is 1. The summed E-state index contributed by atoms with van der Waals surface area (Å²) in [6.07, 6.45) is 2.02. The fraction of sp³-hybridized carbons (Fsp3) is 0.316. The van der Waals surface area contributed by atoms with Crippen molar-refractivity contribution in [2.24, 2.45) is 0 Å². The SMILES string of the molecule is O=C(CNC(CO)c1ccccc1)N1CCCc2ccccc21. The third-order valence-corrected chi connectivity index (χ3v) is 4.30. The minimum absolute atomic E-state index is 0.0338. The van der Waals surface area contributed by atoms with E-state index < -0.39 is 0 Å². The van der Waals surface area contributed by atoms with Gasteiger partial charge < -0.3 is 10.0 Å². The lowest BCUT2D eigenvalue weighted by molar-refractivity contribution is -0.118. The minimum atomic E-state index is -0.222. The zero-order chi connectivity index (χ0) is 16.1. The average molecular weight is 310 g/mol. The minimum Gasteiger partial charge on any atom is -0.394 e. The Morgan fingerprint density at radius 3 is 2.65 bits per heavy atom. The molecule has 0 radical (unpaired) electrons. The van der Waals surface area contributed by atoms with E-state index >= 15 is 0 Å². The molecule has 2 aromatic rings. The van der Waals surface area contributed by atoms with Crippen LogP contribution in [0.4, 0.5) is 5.69 Å². The number of fused-ring (bicyclic) bond motifs is 1. The van der Waals surface area contributed by atoms with E-state index in [1.165, 1.54) is 5.56 Å². The number of aliphatic hydroxyl groups excluding tert-OH is 1. The number of amides is 1. The second kappa shape index (κ2) is 7.40. The van der Waals surface area contributed by atoms with Crippen molar-refractivity contribution in [3.8, 4) is 0 Å². The van der Waals surface area contributed by atoms with Crippen molar-refractivity contribution in [3.63, 3.8) is 0 Å². The first-order valence-corrected chi connectivity index (χ1v) is 8.07. The van der Waals surface area contributed by atoms with Crippen molar-refractivity contribution < 1.29 is 9.90 Å². The number of para-hydroxylation sites is 1. The van der Waals surface area contributed by atoms with Crippen LogP contribution in [0.1, 0.15) is 23.6 Å². The molecule has 0 fully saturated rings. The highest BCUT2D eigenvalue weighted by atomic mass is 16.3. The third-order valence-electron chi connectivity index (χ3n) is 4.30. The van der Waals surface area contributed by atoms with E-state index in [1.54, 1.807) is 0 Å². The van der Waals surface area contributed by atoms with Gasteiger partial charge in [0.05, 0.1) is 19.2 Å². The Labute approximate surface area is 136 Å². The van der Waals surface area contributed by atoms with E-state index in [0.717, 1.165) is 30.6 Å². The summed E-state index contributed by atoms with van der Waals surface area (Å²) in [4.78, 5) is 14.4. The molecule has 4 nitrogen and oxygen atoms in total. The maximum atomic E-state index is 12.6. The standard InChI is InChI=1S/C19H22N2O2/c22-14-17(15-7-2-1-3-8-15)20-13-19(23)21-12-6-10-16-9-4-5-11-18(16)21/h1-5,7-9,11,17,20,22H,6,10,12-14H2. The lowest BCUT2D eigenvalue weighted by Crippen LogP contribution is -2.42. The summed E-state index contributed by atoms with van der Waals surface area (Å²) in [5, 5.41) is 12.7. The first-order chi connectivity index (χ1) is 11.3. The quantitative estimate of drug-likeness (QED) is 0.891. The zero-order valence-electron chi connectivity index (χ0n) is 13.1. The van der Waals surface area contributed by atoms with Crippen LogP contribution in [-0.2, 0) is 11.2 Å². The molecular formula is C19H22N2O2. The van der Waals surface area contributed by atoms with Gasteiger partial charge in [-0.15, -0.1) is 0 Å². The Hall–Kier alpha value is -2.17. The van der Waals surface area contributed by atoms with Crippen LogP contribution in [0, 0.1) is 0 Å². The second-order valence-corrected chi connectivity index (χ2v) is 5.80. The summed E-state index contributed by atoms with van der Waals surface area (Å²) in [7, 11) is 0. The molecule has 1 heterocycles. The first-order valence-electron chi connectivity index (χ1n) is 8.07. The number of anilines is 1. The van der Waals surface area contributed by atoms with E-state index in [-0.39, 0.29) is 25.1 Å². The topological polar surface area (TPSA) is 52.6 Å². The molecular weight excluding hydrogens is 288 g/mol. The number of nitrogens with zero attached hydrogens (tertiary/aromatic N) is 1. The van der Waals surface area contributed by atoms with Crippen molar-refractivity contribution in [1.29, 1.82) is 0 Å². The number of rotatable bonds is 5. The number of benzene rings is 2. The molecule has 2 aromatic carbocycles. The van der Waals surface area contributed by atoms with Crippen LogP contribution in [0.25, 0.3) is 0 Å². The van der Waals surface area contributed by atoms with Crippen LogP contribution >= 0.6 is 0 Å². The van der Waals surface area contributed by atoms with Gasteiger partial charge in [-0.3, -0.25) is 10.1 Å². The normalized spacial score (nSPS) is 15.1. The molecule has 0 bridgehead atoms. The smallest absolute Gasteiger partial charge is 0.240 e. The Morgan fingerprint density at radius 2 is 1.87 bits per heavy atom. The lowest BCUT2D eigenvalue weighted by Gasteiger charge is -2.30. The predicted molar refractivity (Wildman–Crippen MR) is 91.4 cm³/mol. The highest BCUT2D eigenvalue weighted by Crippen LogP contribution is 2.26. The molecule has 1 aliphatic rings. The molecule has 0 aliphatic carbocycles. The van der Waals surface area contributed by atoms with Gasteiger partial charge in [0.2, 0.25) is 5.91 Å². The predicted octanol–water partition coefficient (Wildman–Crippen LogP) is 2.29. The van der Waals surface area contributed by atoms with Crippen LogP contribution < -0.4 is 10.2 Å². The number of aryl methyl sites for hydroxylation is 1. The highest BCUT2D eigenvalue weighted by Gasteiger charge is 2.22. The van der Waals surface area contributed by atoms with Gasteiger partial charge in [0, 0.05) is 12.2 Å². The van der Waals surface area contributed by atoms with Crippen LogP contribution in [-0.4, -0.2) is 30.7 Å². The summed E-state index contributed by atoms with van der Waals surface area (Å²) < 4.78 is 0. The number of nitrogens with one attached hydrogen (secondary N) is 1. The lowest BCUT2D eigenvalue weighted by atomic mass is 10.0. The largest absolute Gasteiger partial charge is 0.394 e. The summed E-state index contributed by atoms with van der Waals surface area (Å²) in [6, 6.07) is 17.6. The summed E-state index contributed by atoms with van der Waals surface area (Å²) in [5.41, 5.74) is 3.24. The Bertz CT molecular complexity index is 657. The molecule has 0 spiro atoms. The van der Waals surface area contributed by atoms with Crippen LogP contribution in [0.3, 0.4) is 0 Å². The Kier molecular flexibility index (Phi) is 5.05. The van der Waals surface area contributed by atoms with Crippen molar-refractivity contribution in [2.75, 3.05) is 24.6 Å². The summed E-state index contributed by atoms with van der Waals surface area (Å²) >= 11 is 0. The van der Waals surface area contributed by atoms with Crippen molar-refractivity contribution >= 4 is 11.6 Å². The molecule has 4 heteroatoms. The van der Waals surface area contributed by atoms with Gasteiger partial charge in [-0.2, -0.15) is 0 Å². The molecule has 1 aliphatic heterocycles. The van der Waals surface area contributed by atoms with Crippen LogP contribution in [0.2, 0.25) is 0 Å². The monoisotopic (exact) mass is 310 g/mol. The van der Waals surface area contributed by atoms with Gasteiger partial charge in [0.1, 0.15) is 0 Å². The number of aliphatic hydroxyl groups is 1. The number of carbonyl (C=O) groups excluding carboxylic acids is 1. The van der Waals surface area contributed by atoms with E-state index in [9.17, 15) is 9.90 Å². The number of hydrogen-bond donors (Lipinski definition) is 2. The molecule has 0 saturated carbocycles. The van der Waals surface area contributed by atoms with Gasteiger partial charge >= 0.3 is 0 Å². The fourth-order valence-corrected chi connectivity index (χ4v) is 3.07. The average Bonchev–Trinajstić information content (AvgIpc) is 2.62. The maximum Gasteiger partial charge on any atom is 0.240 e. The van der Waals surface area contributed by atoms with E-state index in [1.807, 2.05) is 53.4 Å². The Morgan fingerprint density at radius 1 is 1.13 bits per heavy atom. The number of hydrogen-bond acceptors (Lipinski definition) is 3. The molecule has 3 rings (SSSR count). The summed E-state index contributed by atoms with van der Waals surface area (Å²) in [6.45, 7) is 0.939. The van der Waals surface area contributed by atoms with Crippen molar-refractivity contribution in [3.05, 3.63) is 65.7 Å². The van der Waals surface area contributed by atoms with Crippen molar-refractivity contribution in [2.45, 2.75) is 18.9 Å².